The Morgan fingerprint density at radius 3 is 1.33 bits per heavy atom. The van der Waals surface area contributed by atoms with Crippen LogP contribution in [0.4, 0.5) is 17.6 Å². The topological polar surface area (TPSA) is 18.5 Å². The summed E-state index contributed by atoms with van der Waals surface area (Å²) in [4.78, 5) is 0. The Balaban J connectivity index is 1.94. The third-order valence-corrected chi connectivity index (χ3v) is 5.33. The number of alkyl halides is 4. The van der Waals surface area contributed by atoms with E-state index in [1.165, 1.54) is 0 Å². The zero-order valence-corrected chi connectivity index (χ0v) is 14.6. The number of hydrogen-bond donors (Lipinski definition) is 0. The van der Waals surface area contributed by atoms with E-state index >= 15 is 0 Å². The Kier molecular flexibility index (Phi) is 7.79. The monoisotopic (exact) mass is 354 g/mol. The van der Waals surface area contributed by atoms with Gasteiger partial charge in [-0.25, -0.2) is 17.6 Å². The highest BCUT2D eigenvalue weighted by molar-refractivity contribution is 4.98. The van der Waals surface area contributed by atoms with Crippen LogP contribution >= 0.6 is 0 Å². The van der Waals surface area contributed by atoms with E-state index in [1.807, 2.05) is 13.8 Å². The van der Waals surface area contributed by atoms with Crippen molar-refractivity contribution in [1.82, 2.24) is 0 Å². The van der Waals surface area contributed by atoms with Gasteiger partial charge in [-0.15, -0.1) is 0 Å². The third-order valence-electron chi connectivity index (χ3n) is 5.33. The molecule has 2 aliphatic rings. The summed E-state index contributed by atoms with van der Waals surface area (Å²) in [7, 11) is 0. The second kappa shape index (κ2) is 9.37. The molecule has 2 fully saturated rings. The van der Waals surface area contributed by atoms with Crippen LogP contribution in [-0.2, 0) is 9.47 Å². The van der Waals surface area contributed by atoms with E-state index in [-0.39, 0.29) is 0 Å². The van der Waals surface area contributed by atoms with E-state index in [1.54, 1.807) is 0 Å². The molecule has 0 amide bonds. The normalized spacial score (nSPS) is 43.8. The minimum absolute atomic E-state index is 0.342. The summed E-state index contributed by atoms with van der Waals surface area (Å²) in [6.45, 7) is 4.58. The summed E-state index contributed by atoms with van der Waals surface area (Å²) in [6.07, 6.45) is -5.73. The van der Waals surface area contributed by atoms with Crippen molar-refractivity contribution >= 4 is 0 Å². The van der Waals surface area contributed by atoms with Gasteiger partial charge in [0.2, 0.25) is 0 Å². The fraction of sp³-hybridized carbons (Fsp3) is 1.00. The largest absolute Gasteiger partial charge is 0.375 e. The van der Waals surface area contributed by atoms with Crippen LogP contribution < -0.4 is 0 Å². The van der Waals surface area contributed by atoms with E-state index in [0.29, 0.717) is 38.9 Å². The molecule has 2 nitrogen and oxygen atoms in total. The summed E-state index contributed by atoms with van der Waals surface area (Å²) in [5, 5.41) is 0. The van der Waals surface area contributed by atoms with Crippen LogP contribution in [0.5, 0.6) is 0 Å². The van der Waals surface area contributed by atoms with Crippen molar-refractivity contribution in [3.05, 3.63) is 0 Å². The van der Waals surface area contributed by atoms with E-state index in [9.17, 15) is 17.6 Å². The van der Waals surface area contributed by atoms with E-state index in [4.69, 9.17) is 9.47 Å². The summed E-state index contributed by atoms with van der Waals surface area (Å²) in [5.41, 5.74) is 0. The van der Waals surface area contributed by atoms with Crippen LogP contribution in [0.1, 0.15) is 52.4 Å². The SMILES string of the molecule is CCCOC1CCC(C2CCC(OCCC)C(F)C2F)C(F)C1F. The van der Waals surface area contributed by atoms with Crippen LogP contribution in [0.2, 0.25) is 0 Å². The predicted molar refractivity (Wildman–Crippen MR) is 85.1 cm³/mol. The Morgan fingerprint density at radius 2 is 1.00 bits per heavy atom. The molecule has 8 atom stereocenters. The Labute approximate surface area is 142 Å². The van der Waals surface area contributed by atoms with Crippen LogP contribution in [0.25, 0.3) is 0 Å². The summed E-state index contributed by atoms with van der Waals surface area (Å²) < 4.78 is 68.4. The van der Waals surface area contributed by atoms with Gasteiger partial charge >= 0.3 is 0 Å². The molecule has 0 N–H and O–H groups in total. The van der Waals surface area contributed by atoms with Gasteiger partial charge in [0, 0.05) is 13.2 Å². The minimum Gasteiger partial charge on any atom is -0.375 e. The van der Waals surface area contributed by atoms with Crippen molar-refractivity contribution in [3.8, 4) is 0 Å². The molecule has 24 heavy (non-hydrogen) atoms. The first-order valence-corrected chi connectivity index (χ1v) is 9.30. The Morgan fingerprint density at radius 1 is 0.625 bits per heavy atom. The van der Waals surface area contributed by atoms with Gasteiger partial charge in [-0.05, 0) is 50.4 Å². The molecule has 0 spiro atoms. The maximum absolute atomic E-state index is 14.5. The fourth-order valence-corrected chi connectivity index (χ4v) is 4.02. The minimum atomic E-state index is -1.79. The molecule has 2 aliphatic carbocycles. The first-order valence-electron chi connectivity index (χ1n) is 9.30. The maximum atomic E-state index is 14.5. The smallest absolute Gasteiger partial charge is 0.157 e. The summed E-state index contributed by atoms with van der Waals surface area (Å²) >= 11 is 0. The standard InChI is InChI=1S/C18H30F4O2/c1-3-9-23-13-7-5-11(15(19)17(13)21)12-6-8-14(24-10-4-2)18(22)16(12)20/h11-18H,3-10H2,1-2H3. The highest BCUT2D eigenvalue weighted by atomic mass is 19.2. The zero-order chi connectivity index (χ0) is 17.7. The van der Waals surface area contributed by atoms with Crippen molar-refractivity contribution in [2.75, 3.05) is 13.2 Å². The fourth-order valence-electron chi connectivity index (χ4n) is 4.02. The Hall–Kier alpha value is -0.360. The van der Waals surface area contributed by atoms with E-state index < -0.39 is 48.7 Å². The molecule has 0 aliphatic heterocycles. The Bertz CT molecular complexity index is 337. The van der Waals surface area contributed by atoms with Gasteiger partial charge in [0.1, 0.15) is 12.3 Å². The van der Waals surface area contributed by atoms with Gasteiger partial charge in [0.05, 0.1) is 12.2 Å². The summed E-state index contributed by atoms with van der Waals surface area (Å²) in [5.74, 6) is -1.55. The number of halogens is 4. The van der Waals surface area contributed by atoms with Crippen molar-refractivity contribution in [1.29, 1.82) is 0 Å². The molecule has 0 aromatic heterocycles. The second-order valence-electron chi connectivity index (χ2n) is 7.08. The molecule has 2 saturated carbocycles. The van der Waals surface area contributed by atoms with Crippen LogP contribution in [0, 0.1) is 11.8 Å². The van der Waals surface area contributed by atoms with Crippen molar-refractivity contribution < 1.29 is 27.0 Å². The number of hydrogen-bond acceptors (Lipinski definition) is 2. The lowest BCUT2D eigenvalue weighted by Gasteiger charge is -2.43. The van der Waals surface area contributed by atoms with Gasteiger partial charge < -0.3 is 9.47 Å². The lowest BCUT2D eigenvalue weighted by atomic mass is 9.69. The lowest BCUT2D eigenvalue weighted by molar-refractivity contribution is -0.121. The van der Waals surface area contributed by atoms with Crippen LogP contribution in [-0.4, -0.2) is 50.1 Å². The van der Waals surface area contributed by atoms with Crippen molar-refractivity contribution in [3.63, 3.8) is 0 Å². The van der Waals surface area contributed by atoms with Gasteiger partial charge in [-0.3, -0.25) is 0 Å². The van der Waals surface area contributed by atoms with Gasteiger partial charge in [-0.2, -0.15) is 0 Å². The molecule has 0 aromatic carbocycles. The van der Waals surface area contributed by atoms with Gasteiger partial charge in [-0.1, -0.05) is 13.8 Å². The maximum Gasteiger partial charge on any atom is 0.157 e. The first kappa shape index (κ1) is 20.0. The predicted octanol–water partition coefficient (Wildman–Crippen LogP) is 4.75. The first-order chi connectivity index (χ1) is 11.5. The van der Waals surface area contributed by atoms with Gasteiger partial charge in [0.25, 0.3) is 0 Å². The average Bonchev–Trinajstić information content (AvgIpc) is 2.58. The van der Waals surface area contributed by atoms with Crippen molar-refractivity contribution in [2.24, 2.45) is 11.8 Å². The van der Waals surface area contributed by atoms with Crippen molar-refractivity contribution in [2.45, 2.75) is 89.3 Å². The molecule has 0 saturated heterocycles. The third kappa shape index (κ3) is 4.43. The molecule has 0 heterocycles. The molecule has 142 valence electrons. The highest BCUT2D eigenvalue weighted by Gasteiger charge is 2.50. The highest BCUT2D eigenvalue weighted by Crippen LogP contribution is 2.44. The average molecular weight is 354 g/mol. The number of ether oxygens (including phenoxy) is 2. The molecular weight excluding hydrogens is 324 g/mol. The number of rotatable bonds is 7. The van der Waals surface area contributed by atoms with E-state index in [2.05, 4.69) is 0 Å². The molecule has 0 bridgehead atoms. The van der Waals surface area contributed by atoms with Gasteiger partial charge in [0.15, 0.2) is 12.3 Å². The van der Waals surface area contributed by atoms with Crippen LogP contribution in [0.3, 0.4) is 0 Å². The molecular formula is C18H30F4O2. The molecule has 0 aromatic rings. The quantitative estimate of drug-likeness (QED) is 0.614. The van der Waals surface area contributed by atoms with E-state index in [0.717, 1.165) is 12.8 Å². The lowest BCUT2D eigenvalue weighted by Crippen LogP contribution is -2.51. The molecule has 2 rings (SSSR count). The second-order valence-corrected chi connectivity index (χ2v) is 7.08. The molecule has 6 heteroatoms. The molecule has 0 radical (unpaired) electrons. The summed E-state index contributed by atoms with van der Waals surface area (Å²) in [6, 6.07) is 0. The zero-order valence-electron chi connectivity index (χ0n) is 14.6. The van der Waals surface area contributed by atoms with Crippen LogP contribution in [0.15, 0.2) is 0 Å². The molecule has 8 unspecified atom stereocenters.